The molecule has 1 heterocycles. The third-order valence-electron chi connectivity index (χ3n) is 3.78. The number of hydrogen-bond donors (Lipinski definition) is 1. The standard InChI is InChI=1S/C12H21N5O2/c1-3-16(10-6-4-9(13)5-7-10)12-11(17(18)19)8-15(2)14-12/h8-10H,3-7,13H2,1-2H3. The monoisotopic (exact) mass is 267 g/mol. The molecule has 2 N–H and O–H groups in total. The summed E-state index contributed by atoms with van der Waals surface area (Å²) in [6.07, 6.45) is 5.36. The van der Waals surface area contributed by atoms with Gasteiger partial charge in [-0.1, -0.05) is 0 Å². The number of nitrogens with two attached hydrogens (primary N) is 1. The number of rotatable bonds is 4. The minimum atomic E-state index is -0.362. The quantitative estimate of drug-likeness (QED) is 0.658. The van der Waals surface area contributed by atoms with E-state index in [0.717, 1.165) is 32.2 Å². The molecule has 7 heteroatoms. The Hall–Kier alpha value is -1.63. The van der Waals surface area contributed by atoms with Crippen LogP contribution >= 0.6 is 0 Å². The highest BCUT2D eigenvalue weighted by Gasteiger charge is 2.30. The Morgan fingerprint density at radius 3 is 2.68 bits per heavy atom. The van der Waals surface area contributed by atoms with Crippen molar-refractivity contribution < 1.29 is 4.92 Å². The van der Waals surface area contributed by atoms with E-state index in [9.17, 15) is 10.1 Å². The van der Waals surface area contributed by atoms with Crippen LogP contribution < -0.4 is 10.6 Å². The molecule has 0 radical (unpaired) electrons. The Kier molecular flexibility index (Phi) is 4.04. The van der Waals surface area contributed by atoms with E-state index in [1.807, 2.05) is 11.8 Å². The lowest BCUT2D eigenvalue weighted by Crippen LogP contribution is -2.41. The predicted molar refractivity (Wildman–Crippen MR) is 73.1 cm³/mol. The van der Waals surface area contributed by atoms with Gasteiger partial charge in [-0.15, -0.1) is 5.10 Å². The zero-order valence-corrected chi connectivity index (χ0v) is 11.5. The van der Waals surface area contributed by atoms with Gasteiger partial charge in [-0.05, 0) is 32.6 Å². The average Bonchev–Trinajstić information content (AvgIpc) is 2.75. The summed E-state index contributed by atoms with van der Waals surface area (Å²) in [6, 6.07) is 0.576. The van der Waals surface area contributed by atoms with Gasteiger partial charge in [0.1, 0.15) is 6.20 Å². The largest absolute Gasteiger partial charge is 0.347 e. The van der Waals surface area contributed by atoms with Crippen molar-refractivity contribution in [3.63, 3.8) is 0 Å². The van der Waals surface area contributed by atoms with Gasteiger partial charge in [-0.2, -0.15) is 0 Å². The van der Waals surface area contributed by atoms with Gasteiger partial charge in [0.15, 0.2) is 0 Å². The predicted octanol–water partition coefficient (Wildman–Crippen LogP) is 1.42. The highest BCUT2D eigenvalue weighted by Crippen LogP contribution is 2.31. The van der Waals surface area contributed by atoms with Gasteiger partial charge >= 0.3 is 5.69 Å². The van der Waals surface area contributed by atoms with Crippen molar-refractivity contribution >= 4 is 11.5 Å². The Bertz CT molecular complexity index is 451. The molecule has 1 fully saturated rings. The van der Waals surface area contributed by atoms with Gasteiger partial charge in [0, 0.05) is 25.7 Å². The maximum atomic E-state index is 11.1. The molecule has 0 aliphatic heterocycles. The van der Waals surface area contributed by atoms with E-state index in [2.05, 4.69) is 5.10 Å². The van der Waals surface area contributed by atoms with Crippen molar-refractivity contribution in [2.75, 3.05) is 11.4 Å². The van der Waals surface area contributed by atoms with Gasteiger partial charge in [-0.25, -0.2) is 0 Å². The average molecular weight is 267 g/mol. The number of aromatic nitrogens is 2. The summed E-state index contributed by atoms with van der Waals surface area (Å²) in [5.74, 6) is 0.482. The fraction of sp³-hybridized carbons (Fsp3) is 0.750. The SMILES string of the molecule is CCN(c1nn(C)cc1[N+](=O)[O-])C1CCC(N)CC1. The van der Waals surface area contributed by atoms with E-state index in [1.165, 1.54) is 10.9 Å². The molecular formula is C12H21N5O2. The minimum Gasteiger partial charge on any atom is -0.347 e. The molecule has 0 unspecified atom stereocenters. The molecule has 0 spiro atoms. The second-order valence-corrected chi connectivity index (χ2v) is 5.12. The van der Waals surface area contributed by atoms with E-state index >= 15 is 0 Å². The summed E-state index contributed by atoms with van der Waals surface area (Å²) < 4.78 is 1.50. The highest BCUT2D eigenvalue weighted by atomic mass is 16.6. The first-order chi connectivity index (χ1) is 9.02. The summed E-state index contributed by atoms with van der Waals surface area (Å²) >= 11 is 0. The van der Waals surface area contributed by atoms with E-state index in [4.69, 9.17) is 5.73 Å². The lowest BCUT2D eigenvalue weighted by Gasteiger charge is -2.35. The Labute approximate surface area is 112 Å². The Balaban J connectivity index is 2.24. The molecule has 1 aromatic heterocycles. The molecule has 1 saturated carbocycles. The van der Waals surface area contributed by atoms with Crippen molar-refractivity contribution in [3.8, 4) is 0 Å². The van der Waals surface area contributed by atoms with Crippen LogP contribution in [0.4, 0.5) is 11.5 Å². The topological polar surface area (TPSA) is 90.2 Å². The van der Waals surface area contributed by atoms with Crippen molar-refractivity contribution in [2.24, 2.45) is 12.8 Å². The van der Waals surface area contributed by atoms with Gasteiger partial charge in [0.05, 0.1) is 4.92 Å². The molecule has 0 amide bonds. The smallest absolute Gasteiger partial charge is 0.330 e. The first-order valence-electron chi connectivity index (χ1n) is 6.73. The number of anilines is 1. The van der Waals surface area contributed by atoms with Crippen LogP contribution in [-0.4, -0.2) is 33.3 Å². The number of aryl methyl sites for hydroxylation is 1. The maximum Gasteiger partial charge on any atom is 0.330 e. The lowest BCUT2D eigenvalue weighted by molar-refractivity contribution is -0.384. The van der Waals surface area contributed by atoms with Crippen LogP contribution in [0.3, 0.4) is 0 Å². The molecule has 106 valence electrons. The Morgan fingerprint density at radius 1 is 1.53 bits per heavy atom. The second-order valence-electron chi connectivity index (χ2n) is 5.12. The van der Waals surface area contributed by atoms with Gasteiger partial charge in [0.2, 0.25) is 5.82 Å². The fourth-order valence-corrected chi connectivity index (χ4v) is 2.79. The molecule has 2 rings (SSSR count). The van der Waals surface area contributed by atoms with E-state index in [1.54, 1.807) is 7.05 Å². The van der Waals surface area contributed by atoms with Gasteiger partial charge in [-0.3, -0.25) is 14.8 Å². The van der Waals surface area contributed by atoms with Crippen LogP contribution in [0, 0.1) is 10.1 Å². The molecule has 0 bridgehead atoms. The summed E-state index contributed by atoms with van der Waals surface area (Å²) in [5.41, 5.74) is 6.00. The summed E-state index contributed by atoms with van der Waals surface area (Å²) in [7, 11) is 1.71. The lowest BCUT2D eigenvalue weighted by atomic mass is 9.90. The minimum absolute atomic E-state index is 0.0826. The zero-order valence-electron chi connectivity index (χ0n) is 11.5. The van der Waals surface area contributed by atoms with Crippen LogP contribution in [-0.2, 0) is 7.05 Å². The molecule has 0 atom stereocenters. The summed E-state index contributed by atoms with van der Waals surface area (Å²) in [6.45, 7) is 2.73. The Morgan fingerprint density at radius 2 is 2.16 bits per heavy atom. The van der Waals surface area contributed by atoms with Crippen molar-refractivity contribution in [2.45, 2.75) is 44.7 Å². The van der Waals surface area contributed by atoms with E-state index < -0.39 is 0 Å². The third-order valence-corrected chi connectivity index (χ3v) is 3.78. The van der Waals surface area contributed by atoms with E-state index in [0.29, 0.717) is 11.9 Å². The molecule has 1 aliphatic carbocycles. The van der Waals surface area contributed by atoms with Crippen molar-refractivity contribution in [1.29, 1.82) is 0 Å². The van der Waals surface area contributed by atoms with Crippen LogP contribution in [0.5, 0.6) is 0 Å². The molecule has 0 aromatic carbocycles. The normalized spacial score (nSPS) is 23.3. The summed E-state index contributed by atoms with van der Waals surface area (Å²) in [5, 5.41) is 15.4. The third kappa shape index (κ3) is 2.86. The zero-order chi connectivity index (χ0) is 14.0. The molecule has 1 aliphatic rings. The molecule has 0 saturated heterocycles. The number of nitrogens with zero attached hydrogens (tertiary/aromatic N) is 4. The number of nitro groups is 1. The van der Waals surface area contributed by atoms with Crippen LogP contribution in [0.15, 0.2) is 6.20 Å². The highest BCUT2D eigenvalue weighted by molar-refractivity contribution is 5.57. The van der Waals surface area contributed by atoms with Crippen LogP contribution in [0.2, 0.25) is 0 Å². The maximum absolute atomic E-state index is 11.1. The van der Waals surface area contributed by atoms with Gasteiger partial charge in [0.25, 0.3) is 0 Å². The number of hydrogen-bond acceptors (Lipinski definition) is 5. The van der Waals surface area contributed by atoms with Crippen LogP contribution in [0.25, 0.3) is 0 Å². The molecule has 19 heavy (non-hydrogen) atoms. The molecular weight excluding hydrogens is 246 g/mol. The van der Waals surface area contributed by atoms with Gasteiger partial charge < -0.3 is 10.6 Å². The second kappa shape index (κ2) is 5.56. The van der Waals surface area contributed by atoms with Crippen molar-refractivity contribution in [1.82, 2.24) is 9.78 Å². The first-order valence-corrected chi connectivity index (χ1v) is 6.73. The van der Waals surface area contributed by atoms with E-state index in [-0.39, 0.29) is 16.7 Å². The molecule has 1 aromatic rings. The summed E-state index contributed by atoms with van der Waals surface area (Å²) in [4.78, 5) is 12.8. The van der Waals surface area contributed by atoms with Crippen LogP contribution in [0.1, 0.15) is 32.6 Å². The molecule has 7 nitrogen and oxygen atoms in total. The first kappa shape index (κ1) is 13.8. The fourth-order valence-electron chi connectivity index (χ4n) is 2.79. The van der Waals surface area contributed by atoms with Crippen molar-refractivity contribution in [3.05, 3.63) is 16.3 Å².